The van der Waals surface area contributed by atoms with Crippen LogP contribution in [0, 0.1) is 5.92 Å². The van der Waals surface area contributed by atoms with Crippen molar-refractivity contribution in [3.8, 4) is 5.69 Å². The Labute approximate surface area is 131 Å². The van der Waals surface area contributed by atoms with Gasteiger partial charge in [-0.05, 0) is 30.5 Å². The van der Waals surface area contributed by atoms with Crippen LogP contribution in [0.5, 0.6) is 0 Å². The van der Waals surface area contributed by atoms with Gasteiger partial charge in [0.1, 0.15) is 5.69 Å². The van der Waals surface area contributed by atoms with Crippen LogP contribution in [0.25, 0.3) is 5.69 Å². The Morgan fingerprint density at radius 1 is 1.17 bits per heavy atom. The molecule has 0 unspecified atom stereocenters. The molecule has 0 saturated carbocycles. The van der Waals surface area contributed by atoms with Crippen molar-refractivity contribution < 1.29 is 24.6 Å². The highest BCUT2D eigenvalue weighted by atomic mass is 16.4. The van der Waals surface area contributed by atoms with Crippen LogP contribution in [0.3, 0.4) is 0 Å². The summed E-state index contributed by atoms with van der Waals surface area (Å²) in [5.41, 5.74) is 0.529. The summed E-state index contributed by atoms with van der Waals surface area (Å²) < 4.78 is 1.31. The van der Waals surface area contributed by atoms with Gasteiger partial charge in [-0.3, -0.25) is 4.79 Å². The van der Waals surface area contributed by atoms with Crippen molar-refractivity contribution in [3.05, 3.63) is 40.7 Å². The lowest BCUT2D eigenvalue weighted by atomic mass is 10.1. The first-order valence-corrected chi connectivity index (χ1v) is 6.85. The van der Waals surface area contributed by atoms with Crippen molar-refractivity contribution in [1.82, 2.24) is 15.0 Å². The Hall–Kier alpha value is -3.03. The minimum atomic E-state index is -1.25. The summed E-state index contributed by atoms with van der Waals surface area (Å²) in [6.45, 7) is 3.89. The van der Waals surface area contributed by atoms with Crippen molar-refractivity contribution >= 4 is 18.2 Å². The fourth-order valence-corrected chi connectivity index (χ4v) is 2.17. The molecule has 0 amide bonds. The minimum absolute atomic E-state index is 0.149. The van der Waals surface area contributed by atoms with Crippen LogP contribution < -0.4 is 0 Å². The first-order chi connectivity index (χ1) is 10.8. The molecule has 23 heavy (non-hydrogen) atoms. The van der Waals surface area contributed by atoms with E-state index in [9.17, 15) is 14.4 Å². The van der Waals surface area contributed by atoms with Gasteiger partial charge in [-0.15, -0.1) is 5.10 Å². The molecule has 8 nitrogen and oxygen atoms in total. The van der Waals surface area contributed by atoms with Gasteiger partial charge in [0.2, 0.25) is 0 Å². The quantitative estimate of drug-likeness (QED) is 0.777. The van der Waals surface area contributed by atoms with E-state index in [1.807, 2.05) is 13.8 Å². The number of carboxylic acids is 2. The summed E-state index contributed by atoms with van der Waals surface area (Å²) in [6, 6.07) is 3.65. The molecule has 8 heteroatoms. The lowest BCUT2D eigenvalue weighted by Gasteiger charge is -2.10. The molecule has 0 aliphatic carbocycles. The normalized spacial score (nSPS) is 10.7. The highest BCUT2D eigenvalue weighted by Crippen LogP contribution is 2.19. The maximum absolute atomic E-state index is 11.2. The second kappa shape index (κ2) is 6.39. The van der Waals surface area contributed by atoms with Gasteiger partial charge in [-0.25, -0.2) is 14.3 Å². The van der Waals surface area contributed by atoms with Gasteiger partial charge >= 0.3 is 11.9 Å². The smallest absolute Gasteiger partial charge is 0.335 e. The number of nitrogens with zero attached hydrogens (tertiary/aromatic N) is 3. The summed E-state index contributed by atoms with van der Waals surface area (Å²) in [7, 11) is 0. The predicted molar refractivity (Wildman–Crippen MR) is 79.2 cm³/mol. The molecule has 0 aliphatic rings. The van der Waals surface area contributed by atoms with Crippen LogP contribution in [-0.2, 0) is 6.42 Å². The fourth-order valence-electron chi connectivity index (χ4n) is 2.17. The molecule has 0 atom stereocenters. The number of aromatic nitrogens is 3. The van der Waals surface area contributed by atoms with Crippen LogP contribution in [0.15, 0.2) is 18.2 Å². The molecule has 0 saturated heterocycles. The van der Waals surface area contributed by atoms with Gasteiger partial charge in [0.25, 0.3) is 0 Å². The third-order valence-corrected chi connectivity index (χ3v) is 3.16. The van der Waals surface area contributed by atoms with Crippen LogP contribution in [0.2, 0.25) is 0 Å². The molecule has 1 aromatic heterocycles. The van der Waals surface area contributed by atoms with Gasteiger partial charge in [0, 0.05) is 0 Å². The first-order valence-electron chi connectivity index (χ1n) is 6.85. The topological polar surface area (TPSA) is 122 Å². The molecule has 1 aromatic carbocycles. The molecule has 2 rings (SSSR count). The average Bonchev–Trinajstić information content (AvgIpc) is 2.88. The van der Waals surface area contributed by atoms with E-state index >= 15 is 0 Å². The molecule has 2 N–H and O–H groups in total. The molecule has 0 bridgehead atoms. The zero-order valence-corrected chi connectivity index (χ0v) is 12.6. The van der Waals surface area contributed by atoms with Crippen molar-refractivity contribution in [2.24, 2.45) is 5.92 Å². The van der Waals surface area contributed by atoms with Crippen molar-refractivity contribution in [1.29, 1.82) is 0 Å². The molecule has 0 aliphatic heterocycles. The summed E-state index contributed by atoms with van der Waals surface area (Å²) >= 11 is 0. The summed E-state index contributed by atoms with van der Waals surface area (Å²) in [6.07, 6.45) is 1.06. The Morgan fingerprint density at radius 3 is 2.17 bits per heavy atom. The van der Waals surface area contributed by atoms with E-state index in [1.165, 1.54) is 16.8 Å². The molecule has 0 spiro atoms. The molecule has 0 fully saturated rings. The van der Waals surface area contributed by atoms with E-state index in [2.05, 4.69) is 10.3 Å². The van der Waals surface area contributed by atoms with Crippen LogP contribution in [0.4, 0.5) is 0 Å². The second-order valence-electron chi connectivity index (χ2n) is 5.43. The van der Waals surface area contributed by atoms with E-state index < -0.39 is 11.9 Å². The number of carboxylic acid groups (broad SMARTS) is 2. The highest BCUT2D eigenvalue weighted by Gasteiger charge is 2.18. The number of hydrogen-bond donors (Lipinski definition) is 2. The summed E-state index contributed by atoms with van der Waals surface area (Å²) in [5.74, 6) is -2.31. The van der Waals surface area contributed by atoms with Gasteiger partial charge in [-0.1, -0.05) is 19.1 Å². The van der Waals surface area contributed by atoms with Gasteiger partial charge < -0.3 is 10.2 Å². The van der Waals surface area contributed by atoms with Gasteiger partial charge in [0.05, 0.1) is 22.5 Å². The maximum atomic E-state index is 11.2. The van der Waals surface area contributed by atoms with E-state index in [1.54, 1.807) is 0 Å². The predicted octanol–water partition coefficient (Wildman–Crippen LogP) is 1.67. The highest BCUT2D eigenvalue weighted by molar-refractivity contribution is 5.94. The van der Waals surface area contributed by atoms with E-state index in [-0.39, 0.29) is 28.4 Å². The van der Waals surface area contributed by atoms with E-state index in [0.717, 1.165) is 6.07 Å². The van der Waals surface area contributed by atoms with Crippen LogP contribution in [-0.4, -0.2) is 43.4 Å². The molecular formula is C15H15N3O5. The number of aldehydes is 1. The van der Waals surface area contributed by atoms with Gasteiger partial charge in [0.15, 0.2) is 6.29 Å². The van der Waals surface area contributed by atoms with Crippen LogP contribution in [0.1, 0.15) is 50.7 Å². The number of carbonyl (C=O) groups excluding carboxylic acids is 1. The Kier molecular flexibility index (Phi) is 4.54. The Morgan fingerprint density at radius 2 is 1.74 bits per heavy atom. The first kappa shape index (κ1) is 16.3. The number of benzene rings is 1. The second-order valence-corrected chi connectivity index (χ2v) is 5.43. The largest absolute Gasteiger partial charge is 0.478 e. The number of aromatic carboxylic acids is 2. The molecule has 0 radical (unpaired) electrons. The minimum Gasteiger partial charge on any atom is -0.478 e. The summed E-state index contributed by atoms with van der Waals surface area (Å²) in [4.78, 5) is 33.5. The van der Waals surface area contributed by atoms with Crippen molar-refractivity contribution in [2.45, 2.75) is 20.3 Å². The molecule has 1 heterocycles. The number of hydrogen-bond acceptors (Lipinski definition) is 5. The zero-order chi connectivity index (χ0) is 17.1. The zero-order valence-electron chi connectivity index (χ0n) is 12.6. The molecular weight excluding hydrogens is 302 g/mol. The third kappa shape index (κ3) is 3.42. The van der Waals surface area contributed by atoms with Crippen molar-refractivity contribution in [3.63, 3.8) is 0 Å². The SMILES string of the molecule is CC(C)Cc1c(C=O)nnn1-c1cc(C(=O)O)cc(C(=O)O)c1. The standard InChI is InChI=1S/C15H15N3O5/c1-8(2)3-13-12(7-19)16-17-18(13)11-5-9(14(20)21)4-10(6-11)15(22)23/h4-8H,3H2,1-2H3,(H,20,21)(H,22,23). The molecule has 120 valence electrons. The molecule has 2 aromatic rings. The van der Waals surface area contributed by atoms with Crippen LogP contribution >= 0.6 is 0 Å². The Balaban J connectivity index is 2.66. The van der Waals surface area contributed by atoms with Crippen molar-refractivity contribution in [2.75, 3.05) is 0 Å². The lowest BCUT2D eigenvalue weighted by molar-refractivity contribution is 0.0696. The average molecular weight is 317 g/mol. The summed E-state index contributed by atoms with van der Waals surface area (Å²) in [5, 5.41) is 25.9. The van der Waals surface area contributed by atoms with Gasteiger partial charge in [-0.2, -0.15) is 0 Å². The third-order valence-electron chi connectivity index (χ3n) is 3.16. The van der Waals surface area contributed by atoms with E-state index in [0.29, 0.717) is 18.4 Å². The number of rotatable bonds is 6. The maximum Gasteiger partial charge on any atom is 0.335 e. The number of carbonyl (C=O) groups is 3. The Bertz CT molecular complexity index is 747. The fraction of sp³-hybridized carbons (Fsp3) is 0.267. The lowest BCUT2D eigenvalue weighted by Crippen LogP contribution is -2.10. The monoisotopic (exact) mass is 317 g/mol. The van der Waals surface area contributed by atoms with E-state index in [4.69, 9.17) is 10.2 Å².